The lowest BCUT2D eigenvalue weighted by Crippen LogP contribution is -2.28. The molecule has 0 unspecified atom stereocenters. The molecule has 20 heavy (non-hydrogen) atoms. The van der Waals surface area contributed by atoms with Crippen LogP contribution in [0.15, 0.2) is 6.07 Å². The molecule has 0 amide bonds. The molecule has 1 aromatic heterocycles. The van der Waals surface area contributed by atoms with Gasteiger partial charge in [0.05, 0.1) is 5.56 Å². The average molecular weight is 326 g/mol. The molecule has 0 fully saturated rings. The van der Waals surface area contributed by atoms with Crippen LogP contribution in [0, 0.1) is 16.0 Å². The fourth-order valence-corrected chi connectivity index (χ4v) is 2.08. The molecule has 1 N–H and O–H groups in total. The lowest BCUT2D eigenvalue weighted by molar-refractivity contribution is -0.0501. The van der Waals surface area contributed by atoms with E-state index in [9.17, 15) is 21.6 Å². The Balaban J connectivity index is 3.30. The van der Waals surface area contributed by atoms with Crippen molar-refractivity contribution in [2.24, 2.45) is 0 Å². The first-order valence-electron chi connectivity index (χ1n) is 5.29. The van der Waals surface area contributed by atoms with E-state index in [1.165, 1.54) is 0 Å². The summed E-state index contributed by atoms with van der Waals surface area (Å²) in [6.07, 6.45) is 0.947. The summed E-state index contributed by atoms with van der Waals surface area (Å²) in [6.45, 7) is 1.79. The summed E-state index contributed by atoms with van der Waals surface area (Å²) in [7, 11) is -5.78. The molecule has 5 nitrogen and oxygen atoms in total. The van der Waals surface area contributed by atoms with Crippen molar-refractivity contribution in [2.45, 2.75) is 25.3 Å². The first kappa shape index (κ1) is 16.5. The molecule has 0 aromatic carbocycles. The van der Waals surface area contributed by atoms with E-state index in [-0.39, 0.29) is 10.2 Å². The van der Waals surface area contributed by atoms with E-state index in [1.54, 1.807) is 13.0 Å². The number of hydrogen-bond donors (Lipinski definition) is 1. The van der Waals surface area contributed by atoms with Crippen LogP contribution in [0.2, 0.25) is 0 Å². The fourth-order valence-electron chi connectivity index (χ4n) is 1.39. The molecule has 0 aliphatic rings. The minimum Gasteiger partial charge on any atom is -0.357 e. The third-order valence-electron chi connectivity index (χ3n) is 2.20. The molecule has 0 spiro atoms. The number of alkyl halides is 3. The number of halogens is 3. The monoisotopic (exact) mass is 326 g/mol. The topological polar surface area (TPSA) is 83.0 Å². The maximum absolute atomic E-state index is 12.2. The van der Waals surface area contributed by atoms with Gasteiger partial charge in [0.25, 0.3) is 0 Å². The van der Waals surface area contributed by atoms with E-state index in [0.29, 0.717) is 18.4 Å². The van der Waals surface area contributed by atoms with Crippen molar-refractivity contribution >= 4 is 22.3 Å². The predicted octanol–water partition coefficient (Wildman–Crippen LogP) is 2.80. The van der Waals surface area contributed by atoms with Gasteiger partial charge in [0.15, 0.2) is 0 Å². The highest BCUT2D eigenvalue weighted by Gasteiger charge is 2.48. The molecule has 0 saturated heterocycles. The Morgan fingerprint density at radius 3 is 2.55 bits per heavy atom. The maximum atomic E-state index is 12.2. The summed E-state index contributed by atoms with van der Waals surface area (Å²) in [4.78, 5) is 2.14. The molecule has 1 aromatic rings. The highest BCUT2D eigenvalue weighted by molar-refractivity contribution is 7.87. The first-order valence-corrected chi connectivity index (χ1v) is 7.11. The van der Waals surface area contributed by atoms with Crippen molar-refractivity contribution in [1.29, 1.82) is 5.26 Å². The van der Waals surface area contributed by atoms with Crippen LogP contribution in [0.4, 0.5) is 13.2 Å². The number of aromatic nitrogens is 1. The average Bonchev–Trinajstić information content (AvgIpc) is 2.27. The molecular weight excluding hydrogens is 317 g/mol. The van der Waals surface area contributed by atoms with Crippen molar-refractivity contribution in [1.82, 2.24) is 4.98 Å². The highest BCUT2D eigenvalue weighted by Crippen LogP contribution is 2.27. The van der Waals surface area contributed by atoms with Crippen LogP contribution in [-0.2, 0) is 16.5 Å². The van der Waals surface area contributed by atoms with Crippen LogP contribution >= 0.6 is 12.2 Å². The van der Waals surface area contributed by atoms with Gasteiger partial charge < -0.3 is 9.17 Å². The van der Waals surface area contributed by atoms with Crippen molar-refractivity contribution in [2.75, 3.05) is 0 Å². The lowest BCUT2D eigenvalue weighted by atomic mass is 10.1. The molecule has 0 radical (unpaired) electrons. The van der Waals surface area contributed by atoms with Crippen LogP contribution in [0.3, 0.4) is 0 Å². The molecule has 1 rings (SSSR count). The van der Waals surface area contributed by atoms with E-state index in [4.69, 9.17) is 17.5 Å². The SMILES string of the molecule is CCCc1cc(OS(=O)(=O)C(F)(F)F)[nH]c(=S)c1C#N. The van der Waals surface area contributed by atoms with Crippen LogP contribution in [0.1, 0.15) is 24.5 Å². The maximum Gasteiger partial charge on any atom is 0.534 e. The van der Waals surface area contributed by atoms with Gasteiger partial charge in [-0.3, -0.25) is 0 Å². The summed E-state index contributed by atoms with van der Waals surface area (Å²) < 4.78 is 62.2. The number of hydrogen-bond acceptors (Lipinski definition) is 5. The standard InChI is InChI=1S/C10H9F3N2O3S2/c1-2-3-6-4-8(15-9(19)7(6)5-14)18-20(16,17)10(11,12)13/h4H,2-3H2,1H3,(H,15,19). The molecule has 0 aliphatic carbocycles. The summed E-state index contributed by atoms with van der Waals surface area (Å²) in [6, 6.07) is 2.84. The Morgan fingerprint density at radius 1 is 1.50 bits per heavy atom. The number of aryl methyl sites for hydroxylation is 1. The van der Waals surface area contributed by atoms with Crippen molar-refractivity contribution in [3.8, 4) is 11.9 Å². The number of nitrogens with one attached hydrogen (secondary N) is 1. The molecule has 0 saturated carbocycles. The fraction of sp³-hybridized carbons (Fsp3) is 0.400. The van der Waals surface area contributed by atoms with Crippen molar-refractivity contribution < 1.29 is 25.8 Å². The molecule has 0 atom stereocenters. The molecule has 1 heterocycles. The van der Waals surface area contributed by atoms with Crippen LogP contribution in [-0.4, -0.2) is 18.9 Å². The second kappa shape index (κ2) is 5.80. The summed E-state index contributed by atoms with van der Waals surface area (Å²) in [5.41, 5.74) is -5.13. The Bertz CT molecular complexity index is 702. The van der Waals surface area contributed by atoms with E-state index in [1.807, 2.05) is 0 Å². The van der Waals surface area contributed by atoms with Gasteiger partial charge in [0, 0.05) is 6.07 Å². The van der Waals surface area contributed by atoms with E-state index >= 15 is 0 Å². The van der Waals surface area contributed by atoms with E-state index in [0.717, 1.165) is 6.07 Å². The summed E-state index contributed by atoms with van der Waals surface area (Å²) >= 11 is 4.79. The Kier molecular flexibility index (Phi) is 4.77. The largest absolute Gasteiger partial charge is 0.534 e. The zero-order chi connectivity index (χ0) is 15.6. The lowest BCUT2D eigenvalue weighted by Gasteiger charge is -2.11. The zero-order valence-electron chi connectivity index (χ0n) is 10.1. The van der Waals surface area contributed by atoms with Gasteiger partial charge in [-0.2, -0.15) is 26.9 Å². The number of H-pyrrole nitrogens is 1. The molecule has 110 valence electrons. The molecular formula is C10H9F3N2O3S2. The quantitative estimate of drug-likeness (QED) is 0.522. The minimum absolute atomic E-state index is 0.0820. The smallest absolute Gasteiger partial charge is 0.357 e. The van der Waals surface area contributed by atoms with Crippen molar-refractivity contribution in [3.63, 3.8) is 0 Å². The van der Waals surface area contributed by atoms with Gasteiger partial charge in [-0.1, -0.05) is 25.6 Å². The highest BCUT2D eigenvalue weighted by atomic mass is 32.2. The Morgan fingerprint density at radius 2 is 2.10 bits per heavy atom. The predicted molar refractivity (Wildman–Crippen MR) is 65.9 cm³/mol. The van der Waals surface area contributed by atoms with Gasteiger partial charge in [0.2, 0.25) is 5.88 Å². The number of aromatic amines is 1. The number of nitrogens with zero attached hydrogens (tertiary/aromatic N) is 1. The normalized spacial score (nSPS) is 11.9. The van der Waals surface area contributed by atoms with Crippen molar-refractivity contribution in [3.05, 3.63) is 21.8 Å². The van der Waals surface area contributed by atoms with Crippen LogP contribution in [0.25, 0.3) is 0 Å². The third kappa shape index (κ3) is 3.49. The van der Waals surface area contributed by atoms with E-state index < -0.39 is 21.5 Å². The van der Waals surface area contributed by atoms with Gasteiger partial charge >= 0.3 is 15.6 Å². The Hall–Kier alpha value is -1.60. The number of pyridine rings is 1. The summed E-state index contributed by atoms with van der Waals surface area (Å²) in [5, 5.41) is 8.90. The first-order chi connectivity index (χ1) is 9.12. The minimum atomic E-state index is -5.78. The second-order valence-electron chi connectivity index (χ2n) is 3.71. The van der Waals surface area contributed by atoms with Gasteiger partial charge in [-0.15, -0.1) is 0 Å². The molecule has 10 heteroatoms. The Labute approximate surface area is 118 Å². The van der Waals surface area contributed by atoms with Gasteiger partial charge in [-0.25, -0.2) is 0 Å². The molecule has 0 bridgehead atoms. The van der Waals surface area contributed by atoms with Crippen LogP contribution < -0.4 is 4.18 Å². The van der Waals surface area contributed by atoms with Gasteiger partial charge in [-0.05, 0) is 12.0 Å². The molecule has 0 aliphatic heterocycles. The zero-order valence-corrected chi connectivity index (χ0v) is 11.7. The second-order valence-corrected chi connectivity index (χ2v) is 5.65. The summed E-state index contributed by atoms with van der Waals surface area (Å²) in [5.74, 6) is -0.672. The number of rotatable bonds is 4. The van der Waals surface area contributed by atoms with Gasteiger partial charge in [0.1, 0.15) is 10.7 Å². The number of nitriles is 1. The van der Waals surface area contributed by atoms with Crippen LogP contribution in [0.5, 0.6) is 5.88 Å². The van der Waals surface area contributed by atoms with E-state index in [2.05, 4.69) is 9.17 Å². The third-order valence-corrected chi connectivity index (χ3v) is 3.48.